The smallest absolute Gasteiger partial charge is 0.159 e. The maximum absolute atomic E-state index is 11.6. The standard InChI is InChI=1S/C15H22N2O/c1-2-3-5-16-9-12-7-13(11-16)15-8-14(18)4-6-17(15)10-12/h2,4,6,12-13,15H,1,3,5,7-11H2/t12-,13+,15-/m1/s1. The van der Waals surface area contributed by atoms with E-state index in [1.165, 1.54) is 13.0 Å². The number of ketones is 1. The van der Waals surface area contributed by atoms with Crippen LogP contribution in [0.1, 0.15) is 19.3 Å². The summed E-state index contributed by atoms with van der Waals surface area (Å²) in [6.45, 7) is 8.45. The molecule has 98 valence electrons. The Kier molecular flexibility index (Phi) is 3.25. The fourth-order valence-corrected chi connectivity index (χ4v) is 3.83. The van der Waals surface area contributed by atoms with Gasteiger partial charge in [-0.15, -0.1) is 6.58 Å². The summed E-state index contributed by atoms with van der Waals surface area (Å²) in [4.78, 5) is 16.6. The zero-order valence-electron chi connectivity index (χ0n) is 10.9. The summed E-state index contributed by atoms with van der Waals surface area (Å²) in [6.07, 6.45) is 8.91. The maximum Gasteiger partial charge on any atom is 0.159 e. The molecule has 0 unspecified atom stereocenters. The van der Waals surface area contributed by atoms with E-state index in [1.807, 2.05) is 12.3 Å². The molecule has 3 heteroatoms. The van der Waals surface area contributed by atoms with Crippen LogP contribution >= 0.6 is 0 Å². The number of likely N-dealkylation sites (tertiary alicyclic amines) is 1. The molecular formula is C15H22N2O. The lowest BCUT2D eigenvalue weighted by Gasteiger charge is -2.51. The van der Waals surface area contributed by atoms with Crippen LogP contribution in [-0.2, 0) is 4.79 Å². The SMILES string of the molecule is C=CCCN1C[C@H]2C[C@@H](C1)[C@H]1CC(=O)C=CN1C2. The topological polar surface area (TPSA) is 23.6 Å². The van der Waals surface area contributed by atoms with Crippen LogP contribution in [0.4, 0.5) is 0 Å². The van der Waals surface area contributed by atoms with Crippen LogP contribution in [-0.4, -0.2) is 47.8 Å². The third-order valence-electron chi connectivity index (χ3n) is 4.60. The van der Waals surface area contributed by atoms with E-state index in [0.29, 0.717) is 17.7 Å². The maximum atomic E-state index is 11.6. The van der Waals surface area contributed by atoms with Crippen molar-refractivity contribution in [3.05, 3.63) is 24.9 Å². The minimum atomic E-state index is 0.304. The Morgan fingerprint density at radius 2 is 2.28 bits per heavy atom. The normalized spacial score (nSPS) is 35.4. The highest BCUT2D eigenvalue weighted by atomic mass is 16.1. The van der Waals surface area contributed by atoms with Crippen LogP contribution in [0.5, 0.6) is 0 Å². The molecule has 2 bridgehead atoms. The lowest BCUT2D eigenvalue weighted by atomic mass is 9.77. The molecule has 0 aromatic carbocycles. The summed E-state index contributed by atoms with van der Waals surface area (Å²) in [7, 11) is 0. The molecule has 3 nitrogen and oxygen atoms in total. The molecule has 0 aliphatic carbocycles. The van der Waals surface area contributed by atoms with E-state index in [0.717, 1.165) is 38.4 Å². The number of carbonyl (C=O) groups excluding carboxylic acids is 1. The Hall–Kier alpha value is -1.09. The average molecular weight is 246 g/mol. The van der Waals surface area contributed by atoms with Crippen molar-refractivity contribution < 1.29 is 4.79 Å². The highest BCUT2D eigenvalue weighted by molar-refractivity contribution is 5.90. The van der Waals surface area contributed by atoms with Gasteiger partial charge in [-0.25, -0.2) is 0 Å². The van der Waals surface area contributed by atoms with E-state index in [1.54, 1.807) is 6.08 Å². The minimum Gasteiger partial charge on any atom is -0.373 e. The van der Waals surface area contributed by atoms with E-state index >= 15 is 0 Å². The minimum absolute atomic E-state index is 0.304. The van der Waals surface area contributed by atoms with Gasteiger partial charge < -0.3 is 9.80 Å². The van der Waals surface area contributed by atoms with Crippen molar-refractivity contribution in [3.8, 4) is 0 Å². The van der Waals surface area contributed by atoms with Crippen LogP contribution in [0.2, 0.25) is 0 Å². The molecule has 2 fully saturated rings. The van der Waals surface area contributed by atoms with Crippen molar-refractivity contribution in [3.63, 3.8) is 0 Å². The van der Waals surface area contributed by atoms with Gasteiger partial charge in [0.2, 0.25) is 0 Å². The number of fused-ring (bicyclic) bond motifs is 4. The molecule has 0 amide bonds. The predicted octanol–water partition coefficient (Wildman–Crippen LogP) is 1.67. The summed E-state index contributed by atoms with van der Waals surface area (Å²) in [5.41, 5.74) is 0. The van der Waals surface area contributed by atoms with Gasteiger partial charge >= 0.3 is 0 Å². The zero-order valence-corrected chi connectivity index (χ0v) is 10.9. The number of nitrogens with zero attached hydrogens (tertiary/aromatic N) is 2. The van der Waals surface area contributed by atoms with Gasteiger partial charge in [0.15, 0.2) is 5.78 Å². The quantitative estimate of drug-likeness (QED) is 0.708. The van der Waals surface area contributed by atoms with Gasteiger partial charge in [0.05, 0.1) is 0 Å². The molecule has 0 saturated carbocycles. The van der Waals surface area contributed by atoms with Crippen molar-refractivity contribution in [1.29, 1.82) is 0 Å². The summed E-state index contributed by atoms with van der Waals surface area (Å²) >= 11 is 0. The fourth-order valence-electron chi connectivity index (χ4n) is 3.83. The van der Waals surface area contributed by atoms with Crippen LogP contribution in [0.3, 0.4) is 0 Å². The molecule has 3 atom stereocenters. The highest BCUT2D eigenvalue weighted by Crippen LogP contribution is 2.36. The van der Waals surface area contributed by atoms with Gasteiger partial charge in [0, 0.05) is 44.8 Å². The fraction of sp³-hybridized carbons (Fsp3) is 0.667. The molecule has 3 heterocycles. The van der Waals surface area contributed by atoms with Gasteiger partial charge in [-0.2, -0.15) is 0 Å². The number of hydrogen-bond acceptors (Lipinski definition) is 3. The molecule has 0 aromatic heterocycles. The van der Waals surface area contributed by atoms with Gasteiger partial charge in [0.25, 0.3) is 0 Å². The molecule has 2 saturated heterocycles. The molecule has 3 rings (SSSR count). The van der Waals surface area contributed by atoms with Gasteiger partial charge in [-0.3, -0.25) is 4.79 Å². The molecule has 0 spiro atoms. The van der Waals surface area contributed by atoms with E-state index in [4.69, 9.17) is 0 Å². The highest BCUT2D eigenvalue weighted by Gasteiger charge is 2.41. The van der Waals surface area contributed by atoms with Crippen molar-refractivity contribution in [2.75, 3.05) is 26.2 Å². The first-order valence-electron chi connectivity index (χ1n) is 7.06. The molecule has 3 aliphatic rings. The monoisotopic (exact) mass is 246 g/mol. The first kappa shape index (κ1) is 12.0. The Morgan fingerprint density at radius 1 is 1.39 bits per heavy atom. The first-order valence-corrected chi connectivity index (χ1v) is 7.06. The lowest BCUT2D eigenvalue weighted by Crippen LogP contribution is -2.57. The first-order chi connectivity index (χ1) is 8.76. The predicted molar refractivity (Wildman–Crippen MR) is 72.1 cm³/mol. The third kappa shape index (κ3) is 2.24. The van der Waals surface area contributed by atoms with Crippen molar-refractivity contribution in [2.24, 2.45) is 11.8 Å². The number of hydrogen-bond donors (Lipinski definition) is 0. The van der Waals surface area contributed by atoms with Gasteiger partial charge in [0.1, 0.15) is 0 Å². The van der Waals surface area contributed by atoms with E-state index in [-0.39, 0.29) is 0 Å². The largest absolute Gasteiger partial charge is 0.373 e. The second-order valence-electron chi connectivity index (χ2n) is 5.95. The van der Waals surface area contributed by atoms with Crippen molar-refractivity contribution >= 4 is 5.78 Å². The Bertz CT molecular complexity index is 377. The second kappa shape index (κ2) is 4.88. The van der Waals surface area contributed by atoms with Crippen molar-refractivity contribution in [2.45, 2.75) is 25.3 Å². The summed E-state index contributed by atoms with van der Waals surface area (Å²) in [5, 5.41) is 0. The summed E-state index contributed by atoms with van der Waals surface area (Å²) in [5.74, 6) is 1.76. The number of rotatable bonds is 3. The van der Waals surface area contributed by atoms with Crippen LogP contribution in [0.25, 0.3) is 0 Å². The van der Waals surface area contributed by atoms with Gasteiger partial charge in [-0.05, 0) is 30.8 Å². The molecule has 3 aliphatic heterocycles. The zero-order chi connectivity index (χ0) is 12.5. The van der Waals surface area contributed by atoms with Crippen molar-refractivity contribution in [1.82, 2.24) is 9.80 Å². The molecular weight excluding hydrogens is 224 g/mol. The lowest BCUT2D eigenvalue weighted by molar-refractivity contribution is -0.118. The van der Waals surface area contributed by atoms with Crippen LogP contribution in [0, 0.1) is 11.8 Å². The Morgan fingerprint density at radius 3 is 3.11 bits per heavy atom. The van der Waals surface area contributed by atoms with E-state index in [2.05, 4.69) is 16.4 Å². The number of allylic oxidation sites excluding steroid dienone is 1. The summed E-state index contributed by atoms with van der Waals surface area (Å²) < 4.78 is 0. The Labute approximate surface area is 109 Å². The third-order valence-corrected chi connectivity index (χ3v) is 4.60. The summed E-state index contributed by atoms with van der Waals surface area (Å²) in [6, 6.07) is 0.463. The second-order valence-corrected chi connectivity index (χ2v) is 5.95. The Balaban J connectivity index is 1.70. The van der Waals surface area contributed by atoms with Crippen LogP contribution < -0.4 is 0 Å². The van der Waals surface area contributed by atoms with Crippen LogP contribution in [0.15, 0.2) is 24.9 Å². The number of piperidine rings is 2. The van der Waals surface area contributed by atoms with Gasteiger partial charge in [-0.1, -0.05) is 6.08 Å². The van der Waals surface area contributed by atoms with E-state index in [9.17, 15) is 4.79 Å². The molecule has 0 radical (unpaired) electrons. The molecule has 0 N–H and O–H groups in total. The van der Waals surface area contributed by atoms with E-state index < -0.39 is 0 Å². The molecule has 0 aromatic rings. The number of carbonyl (C=O) groups is 1. The molecule has 18 heavy (non-hydrogen) atoms. The average Bonchev–Trinajstić information content (AvgIpc) is 2.37.